The van der Waals surface area contributed by atoms with Crippen molar-refractivity contribution in [3.63, 3.8) is 0 Å². The highest BCUT2D eigenvalue weighted by Gasteiger charge is 2.13. The van der Waals surface area contributed by atoms with E-state index < -0.39 is 0 Å². The van der Waals surface area contributed by atoms with Gasteiger partial charge in [0.25, 0.3) is 0 Å². The van der Waals surface area contributed by atoms with Gasteiger partial charge >= 0.3 is 0 Å². The zero-order chi connectivity index (χ0) is 16.2. The fourth-order valence-corrected chi connectivity index (χ4v) is 2.41. The van der Waals surface area contributed by atoms with Gasteiger partial charge in [0.05, 0.1) is 31.5 Å². The van der Waals surface area contributed by atoms with Crippen LogP contribution >= 0.6 is 0 Å². The van der Waals surface area contributed by atoms with Gasteiger partial charge in [0, 0.05) is 17.6 Å². The topological polar surface area (TPSA) is 69.2 Å². The molecule has 0 saturated heterocycles. The number of rotatable bonds is 5. The summed E-state index contributed by atoms with van der Waals surface area (Å²) < 4.78 is 10.7. The van der Waals surface area contributed by atoms with Gasteiger partial charge in [-0.25, -0.2) is 9.97 Å². The van der Waals surface area contributed by atoms with Gasteiger partial charge < -0.3 is 14.8 Å². The number of pyridine rings is 1. The number of hydrogen-bond donors (Lipinski definition) is 1. The zero-order valence-electron chi connectivity index (χ0n) is 13.3. The molecule has 2 aromatic heterocycles. The smallest absolute Gasteiger partial charge is 0.162 e. The molecule has 0 fully saturated rings. The number of nitrogens with one attached hydrogen (secondary N) is 1. The van der Waals surface area contributed by atoms with Crippen LogP contribution in [0, 0.1) is 0 Å². The third-order valence-electron chi connectivity index (χ3n) is 3.63. The molecule has 0 saturated carbocycles. The molecule has 0 aliphatic heterocycles. The van der Waals surface area contributed by atoms with Crippen LogP contribution in [0.25, 0.3) is 10.9 Å². The van der Waals surface area contributed by atoms with Gasteiger partial charge in [0.1, 0.15) is 12.1 Å². The third-order valence-corrected chi connectivity index (χ3v) is 3.63. The van der Waals surface area contributed by atoms with Crippen LogP contribution in [0.15, 0.2) is 42.9 Å². The number of benzene rings is 1. The highest BCUT2D eigenvalue weighted by atomic mass is 16.5. The van der Waals surface area contributed by atoms with Crippen molar-refractivity contribution in [2.75, 3.05) is 19.5 Å². The molecule has 23 heavy (non-hydrogen) atoms. The Balaban J connectivity index is 2.00. The second-order valence-corrected chi connectivity index (χ2v) is 5.07. The molecule has 0 aliphatic rings. The molecule has 0 radical (unpaired) electrons. The fourth-order valence-electron chi connectivity index (χ4n) is 2.41. The van der Waals surface area contributed by atoms with Gasteiger partial charge in [-0.3, -0.25) is 4.98 Å². The van der Waals surface area contributed by atoms with Crippen molar-refractivity contribution in [1.29, 1.82) is 0 Å². The van der Waals surface area contributed by atoms with Crippen molar-refractivity contribution in [3.8, 4) is 11.5 Å². The molecular formula is C17H18N4O2. The van der Waals surface area contributed by atoms with Crippen molar-refractivity contribution in [2.45, 2.75) is 13.0 Å². The molecule has 1 aromatic carbocycles. The normalized spacial score (nSPS) is 12.0. The number of anilines is 1. The van der Waals surface area contributed by atoms with Crippen LogP contribution in [0.4, 0.5) is 5.82 Å². The molecule has 3 rings (SSSR count). The van der Waals surface area contributed by atoms with E-state index in [1.165, 1.54) is 6.33 Å². The second kappa shape index (κ2) is 6.48. The fraction of sp³-hybridized carbons (Fsp3) is 0.235. The van der Waals surface area contributed by atoms with Crippen LogP contribution in [-0.4, -0.2) is 29.2 Å². The Morgan fingerprint density at radius 1 is 1.00 bits per heavy atom. The summed E-state index contributed by atoms with van der Waals surface area (Å²) in [5.74, 6) is 2.01. The van der Waals surface area contributed by atoms with Crippen molar-refractivity contribution in [1.82, 2.24) is 15.0 Å². The van der Waals surface area contributed by atoms with E-state index in [-0.39, 0.29) is 6.04 Å². The van der Waals surface area contributed by atoms with Crippen molar-refractivity contribution >= 4 is 16.7 Å². The Kier molecular flexibility index (Phi) is 4.23. The Labute approximate surface area is 134 Å². The molecular weight excluding hydrogens is 292 g/mol. The molecule has 118 valence electrons. The highest BCUT2D eigenvalue weighted by Crippen LogP contribution is 2.34. The second-order valence-electron chi connectivity index (χ2n) is 5.07. The summed E-state index contributed by atoms with van der Waals surface area (Å²) in [7, 11) is 3.21. The van der Waals surface area contributed by atoms with Crippen LogP contribution in [-0.2, 0) is 0 Å². The molecule has 2 heterocycles. The average molecular weight is 310 g/mol. The first kappa shape index (κ1) is 15.0. The van der Waals surface area contributed by atoms with E-state index >= 15 is 0 Å². The number of fused-ring (bicyclic) bond motifs is 1. The maximum atomic E-state index is 5.37. The lowest BCUT2D eigenvalue weighted by Crippen LogP contribution is -2.10. The summed E-state index contributed by atoms with van der Waals surface area (Å²) in [6.45, 7) is 2.04. The summed E-state index contributed by atoms with van der Waals surface area (Å²) >= 11 is 0. The van der Waals surface area contributed by atoms with E-state index in [9.17, 15) is 0 Å². The van der Waals surface area contributed by atoms with E-state index in [2.05, 4.69) is 20.3 Å². The minimum Gasteiger partial charge on any atom is -0.493 e. The minimum absolute atomic E-state index is 0.0161. The van der Waals surface area contributed by atoms with Crippen molar-refractivity contribution in [2.24, 2.45) is 0 Å². The maximum absolute atomic E-state index is 5.37. The van der Waals surface area contributed by atoms with Gasteiger partial charge in [-0.2, -0.15) is 0 Å². The first-order valence-electron chi connectivity index (χ1n) is 7.27. The molecule has 6 heteroatoms. The predicted molar refractivity (Wildman–Crippen MR) is 88.9 cm³/mol. The predicted octanol–water partition coefficient (Wildman–Crippen LogP) is 3.22. The Hall–Kier alpha value is -2.89. The molecule has 0 unspecified atom stereocenters. The SMILES string of the molecule is COc1cc2ncnc(N[C@H](C)c3ccccn3)c2cc1OC. The summed E-state index contributed by atoms with van der Waals surface area (Å²) in [4.78, 5) is 13.0. The molecule has 0 spiro atoms. The van der Waals surface area contributed by atoms with E-state index in [0.29, 0.717) is 11.5 Å². The van der Waals surface area contributed by atoms with Crippen LogP contribution in [0.3, 0.4) is 0 Å². The molecule has 0 amide bonds. The molecule has 0 aliphatic carbocycles. The summed E-state index contributed by atoms with van der Waals surface area (Å²) in [6, 6.07) is 9.57. The van der Waals surface area contributed by atoms with Gasteiger partial charge in [0.15, 0.2) is 11.5 Å². The first-order valence-corrected chi connectivity index (χ1v) is 7.27. The number of nitrogens with zero attached hydrogens (tertiary/aromatic N) is 3. The Bertz CT molecular complexity index is 808. The zero-order valence-corrected chi connectivity index (χ0v) is 13.3. The molecule has 0 bridgehead atoms. The average Bonchev–Trinajstić information content (AvgIpc) is 2.61. The van der Waals surface area contributed by atoms with Crippen LogP contribution in [0.5, 0.6) is 11.5 Å². The lowest BCUT2D eigenvalue weighted by Gasteiger charge is -2.16. The van der Waals surface area contributed by atoms with Gasteiger partial charge in [0.2, 0.25) is 0 Å². The van der Waals surface area contributed by atoms with Crippen molar-refractivity contribution in [3.05, 3.63) is 48.5 Å². The van der Waals surface area contributed by atoms with Crippen LogP contribution in [0.1, 0.15) is 18.7 Å². The third kappa shape index (κ3) is 3.01. The monoisotopic (exact) mass is 310 g/mol. The lowest BCUT2D eigenvalue weighted by molar-refractivity contribution is 0.356. The minimum atomic E-state index is 0.0161. The highest BCUT2D eigenvalue weighted by molar-refractivity contribution is 5.91. The largest absolute Gasteiger partial charge is 0.493 e. The van der Waals surface area contributed by atoms with Crippen LogP contribution in [0.2, 0.25) is 0 Å². The van der Waals surface area contributed by atoms with E-state index in [0.717, 1.165) is 22.4 Å². The van der Waals surface area contributed by atoms with Crippen LogP contribution < -0.4 is 14.8 Å². The van der Waals surface area contributed by atoms with E-state index in [1.807, 2.05) is 37.3 Å². The van der Waals surface area contributed by atoms with Gasteiger partial charge in [-0.05, 0) is 25.1 Å². The standard InChI is InChI=1S/C17H18N4O2/c1-11(13-6-4-5-7-18-13)21-17-12-8-15(22-2)16(23-3)9-14(12)19-10-20-17/h4-11H,1-3H3,(H,19,20,21)/t11-/m1/s1. The number of ether oxygens (including phenoxy) is 2. The summed E-state index contributed by atoms with van der Waals surface area (Å²) in [5.41, 5.74) is 1.73. The van der Waals surface area contributed by atoms with Gasteiger partial charge in [-0.1, -0.05) is 6.07 Å². The summed E-state index contributed by atoms with van der Waals surface area (Å²) in [6.07, 6.45) is 3.31. The van der Waals surface area contributed by atoms with E-state index in [1.54, 1.807) is 20.4 Å². The number of aromatic nitrogens is 3. The quantitative estimate of drug-likeness (QED) is 0.780. The molecule has 1 N–H and O–H groups in total. The number of hydrogen-bond acceptors (Lipinski definition) is 6. The maximum Gasteiger partial charge on any atom is 0.162 e. The Morgan fingerprint density at radius 2 is 1.78 bits per heavy atom. The molecule has 1 atom stereocenters. The summed E-state index contributed by atoms with van der Waals surface area (Å²) in [5, 5.41) is 4.25. The lowest BCUT2D eigenvalue weighted by atomic mass is 10.1. The molecule has 3 aromatic rings. The molecule has 6 nitrogen and oxygen atoms in total. The first-order chi connectivity index (χ1) is 11.2. The Morgan fingerprint density at radius 3 is 2.48 bits per heavy atom. The van der Waals surface area contributed by atoms with E-state index in [4.69, 9.17) is 9.47 Å². The number of methoxy groups -OCH3 is 2. The van der Waals surface area contributed by atoms with Crippen molar-refractivity contribution < 1.29 is 9.47 Å². The van der Waals surface area contributed by atoms with Gasteiger partial charge in [-0.15, -0.1) is 0 Å².